The lowest BCUT2D eigenvalue weighted by atomic mass is 9.98. The first-order valence-corrected chi connectivity index (χ1v) is 9.84. The molecule has 28 heavy (non-hydrogen) atoms. The van der Waals surface area contributed by atoms with Crippen molar-refractivity contribution in [3.63, 3.8) is 0 Å². The molecule has 0 bridgehead atoms. The normalized spacial score (nSPS) is 14.6. The number of carbonyl (C=O) groups is 2. The second kappa shape index (κ2) is 8.48. The topological polar surface area (TPSA) is 40.6 Å². The van der Waals surface area contributed by atoms with Gasteiger partial charge in [-0.3, -0.25) is 9.59 Å². The van der Waals surface area contributed by atoms with E-state index in [9.17, 15) is 9.59 Å². The number of amides is 2. The van der Waals surface area contributed by atoms with Crippen LogP contribution < -0.4 is 4.90 Å². The largest absolute Gasteiger partial charge is 0.309 e. The van der Waals surface area contributed by atoms with E-state index in [2.05, 4.69) is 4.90 Å². The SMILES string of the molecule is Cc1ccc(C2=C(CCCN(C)C)C(=O)N(c3ccc(Cl)c(Cl)c3)C2=O)cc1. The Bertz CT molecular complexity index is 950. The molecule has 0 radical (unpaired) electrons. The van der Waals surface area contributed by atoms with Crippen molar-refractivity contribution < 1.29 is 9.59 Å². The van der Waals surface area contributed by atoms with Crippen molar-refractivity contribution >= 4 is 46.3 Å². The summed E-state index contributed by atoms with van der Waals surface area (Å²) >= 11 is 12.1. The van der Waals surface area contributed by atoms with Gasteiger partial charge in [-0.25, -0.2) is 4.90 Å². The molecule has 4 nitrogen and oxygen atoms in total. The van der Waals surface area contributed by atoms with Crippen LogP contribution in [0, 0.1) is 6.92 Å². The lowest BCUT2D eigenvalue weighted by molar-refractivity contribution is -0.120. The third-order valence-corrected chi connectivity index (χ3v) is 5.45. The van der Waals surface area contributed by atoms with E-state index in [1.807, 2.05) is 45.3 Å². The molecule has 0 fully saturated rings. The average molecular weight is 417 g/mol. The average Bonchev–Trinajstić information content (AvgIpc) is 2.88. The van der Waals surface area contributed by atoms with Crippen molar-refractivity contribution in [3.05, 3.63) is 69.2 Å². The molecule has 0 saturated heterocycles. The molecule has 2 aromatic rings. The highest BCUT2D eigenvalue weighted by Gasteiger charge is 2.39. The Morgan fingerprint density at radius 3 is 2.21 bits per heavy atom. The molecule has 0 N–H and O–H groups in total. The van der Waals surface area contributed by atoms with Crippen LogP contribution in [0.15, 0.2) is 48.0 Å². The number of halogens is 2. The zero-order valence-electron chi connectivity index (χ0n) is 16.1. The summed E-state index contributed by atoms with van der Waals surface area (Å²) in [7, 11) is 3.97. The number of hydrogen-bond donors (Lipinski definition) is 0. The molecule has 0 aromatic heterocycles. The molecule has 0 atom stereocenters. The summed E-state index contributed by atoms with van der Waals surface area (Å²) in [6, 6.07) is 12.4. The molecule has 0 unspecified atom stereocenters. The van der Waals surface area contributed by atoms with Crippen LogP contribution in [-0.4, -0.2) is 37.4 Å². The van der Waals surface area contributed by atoms with Gasteiger partial charge in [0.25, 0.3) is 11.8 Å². The number of hydrogen-bond acceptors (Lipinski definition) is 3. The lowest BCUT2D eigenvalue weighted by Crippen LogP contribution is -2.31. The highest BCUT2D eigenvalue weighted by Crippen LogP contribution is 2.37. The van der Waals surface area contributed by atoms with Crippen molar-refractivity contribution in [2.24, 2.45) is 0 Å². The number of nitrogens with zero attached hydrogens (tertiary/aromatic N) is 2. The summed E-state index contributed by atoms with van der Waals surface area (Å²) in [4.78, 5) is 29.7. The highest BCUT2D eigenvalue weighted by molar-refractivity contribution is 6.46. The molecule has 0 saturated carbocycles. The third kappa shape index (κ3) is 4.14. The van der Waals surface area contributed by atoms with Crippen LogP contribution in [0.1, 0.15) is 24.0 Å². The molecular weight excluding hydrogens is 395 g/mol. The van der Waals surface area contributed by atoms with Gasteiger partial charge in [-0.05, 0) is 64.2 Å². The molecular formula is C22H22Cl2N2O2. The van der Waals surface area contributed by atoms with Gasteiger partial charge in [-0.2, -0.15) is 0 Å². The van der Waals surface area contributed by atoms with Gasteiger partial charge >= 0.3 is 0 Å². The van der Waals surface area contributed by atoms with Gasteiger partial charge < -0.3 is 4.90 Å². The zero-order chi connectivity index (χ0) is 20.4. The van der Waals surface area contributed by atoms with E-state index in [1.54, 1.807) is 18.2 Å². The van der Waals surface area contributed by atoms with Gasteiger partial charge in [-0.15, -0.1) is 0 Å². The first-order valence-electron chi connectivity index (χ1n) is 9.08. The number of imide groups is 1. The second-order valence-electron chi connectivity index (χ2n) is 7.17. The van der Waals surface area contributed by atoms with E-state index in [1.165, 1.54) is 4.90 Å². The third-order valence-electron chi connectivity index (χ3n) is 4.71. The standard InChI is InChI=1S/C22H22Cl2N2O2/c1-14-6-8-15(9-7-14)20-17(5-4-12-25(2)3)21(27)26(22(20)28)16-10-11-18(23)19(24)13-16/h6-11,13H,4-5,12H2,1-3H3. The Hall–Kier alpha value is -2.14. The summed E-state index contributed by atoms with van der Waals surface area (Å²) in [6.07, 6.45) is 1.32. The predicted octanol–water partition coefficient (Wildman–Crippen LogP) is 4.97. The summed E-state index contributed by atoms with van der Waals surface area (Å²) in [5.41, 5.74) is 3.29. The van der Waals surface area contributed by atoms with Crippen LogP contribution in [0.2, 0.25) is 10.0 Å². The van der Waals surface area contributed by atoms with Gasteiger partial charge in [-0.1, -0.05) is 53.0 Å². The fraction of sp³-hybridized carbons (Fsp3) is 0.273. The van der Waals surface area contributed by atoms with Gasteiger partial charge in [0.1, 0.15) is 0 Å². The fourth-order valence-corrected chi connectivity index (χ4v) is 3.55. The van der Waals surface area contributed by atoms with Gasteiger partial charge in [0, 0.05) is 5.57 Å². The van der Waals surface area contributed by atoms with Crippen LogP contribution in [-0.2, 0) is 9.59 Å². The van der Waals surface area contributed by atoms with E-state index in [-0.39, 0.29) is 11.8 Å². The quantitative estimate of drug-likeness (QED) is 0.623. The molecule has 1 aliphatic heterocycles. The van der Waals surface area contributed by atoms with Crippen LogP contribution in [0.5, 0.6) is 0 Å². The molecule has 0 aliphatic carbocycles. The first-order chi connectivity index (χ1) is 13.3. The van der Waals surface area contributed by atoms with Crippen LogP contribution in [0.4, 0.5) is 5.69 Å². The summed E-state index contributed by atoms with van der Waals surface area (Å²) < 4.78 is 0. The van der Waals surface area contributed by atoms with Crippen molar-refractivity contribution in [2.45, 2.75) is 19.8 Å². The Balaban J connectivity index is 2.02. The van der Waals surface area contributed by atoms with Crippen molar-refractivity contribution in [2.75, 3.05) is 25.5 Å². The van der Waals surface area contributed by atoms with Crippen LogP contribution in [0.25, 0.3) is 5.57 Å². The van der Waals surface area contributed by atoms with Gasteiger partial charge in [0.05, 0.1) is 21.3 Å². The molecule has 1 heterocycles. The number of benzene rings is 2. The minimum atomic E-state index is -0.327. The monoisotopic (exact) mass is 416 g/mol. The molecule has 2 aromatic carbocycles. The Kier molecular flexibility index (Phi) is 6.23. The van der Waals surface area contributed by atoms with Crippen molar-refractivity contribution in [1.82, 2.24) is 4.90 Å². The van der Waals surface area contributed by atoms with Crippen molar-refractivity contribution in [3.8, 4) is 0 Å². The van der Waals surface area contributed by atoms with E-state index < -0.39 is 0 Å². The molecule has 3 rings (SSSR count). The minimum Gasteiger partial charge on any atom is -0.309 e. The van der Waals surface area contributed by atoms with E-state index in [0.717, 1.165) is 24.1 Å². The first kappa shape index (κ1) is 20.6. The van der Waals surface area contributed by atoms with Gasteiger partial charge in [0.15, 0.2) is 0 Å². The van der Waals surface area contributed by atoms with E-state index in [4.69, 9.17) is 23.2 Å². The Morgan fingerprint density at radius 1 is 0.929 bits per heavy atom. The van der Waals surface area contributed by atoms with Crippen LogP contribution in [0.3, 0.4) is 0 Å². The number of anilines is 1. The second-order valence-corrected chi connectivity index (χ2v) is 7.98. The maximum atomic E-state index is 13.3. The number of rotatable bonds is 6. The van der Waals surface area contributed by atoms with Crippen LogP contribution >= 0.6 is 23.2 Å². The maximum Gasteiger partial charge on any atom is 0.266 e. The molecule has 0 spiro atoms. The molecule has 146 valence electrons. The number of carbonyl (C=O) groups excluding carboxylic acids is 2. The highest BCUT2D eigenvalue weighted by atomic mass is 35.5. The predicted molar refractivity (Wildman–Crippen MR) is 115 cm³/mol. The van der Waals surface area contributed by atoms with E-state index >= 15 is 0 Å². The number of aryl methyl sites for hydroxylation is 1. The lowest BCUT2D eigenvalue weighted by Gasteiger charge is -2.16. The van der Waals surface area contributed by atoms with E-state index in [0.29, 0.717) is 33.3 Å². The Labute approximate surface area is 175 Å². The van der Waals surface area contributed by atoms with Gasteiger partial charge in [0.2, 0.25) is 0 Å². The summed E-state index contributed by atoms with van der Waals surface area (Å²) in [5, 5.41) is 0.681. The molecule has 6 heteroatoms. The summed E-state index contributed by atoms with van der Waals surface area (Å²) in [6.45, 7) is 2.82. The zero-order valence-corrected chi connectivity index (χ0v) is 17.6. The molecule has 1 aliphatic rings. The molecule has 2 amide bonds. The fourth-order valence-electron chi connectivity index (χ4n) is 3.26. The maximum absolute atomic E-state index is 13.3. The smallest absolute Gasteiger partial charge is 0.266 e. The Morgan fingerprint density at radius 2 is 1.61 bits per heavy atom. The minimum absolute atomic E-state index is 0.294. The summed E-state index contributed by atoms with van der Waals surface area (Å²) in [5.74, 6) is -0.621. The van der Waals surface area contributed by atoms with Crippen molar-refractivity contribution in [1.29, 1.82) is 0 Å².